The average molecular weight is 364 g/mol. The van der Waals surface area contributed by atoms with E-state index in [0.29, 0.717) is 25.6 Å². The quantitative estimate of drug-likeness (QED) is 0.617. The fourth-order valence-electron chi connectivity index (χ4n) is 1.73. The number of rotatable bonds is 10. The Balaban J connectivity index is 2.32. The van der Waals surface area contributed by atoms with Gasteiger partial charge in [0.1, 0.15) is 0 Å². The van der Waals surface area contributed by atoms with Crippen molar-refractivity contribution in [2.75, 3.05) is 19.7 Å². The van der Waals surface area contributed by atoms with E-state index in [2.05, 4.69) is 10.0 Å². The Labute approximate surface area is 140 Å². The van der Waals surface area contributed by atoms with Crippen LogP contribution in [-0.4, -0.2) is 40.1 Å². The van der Waals surface area contributed by atoms with Crippen LogP contribution in [0.5, 0.6) is 0 Å². The van der Waals surface area contributed by atoms with Gasteiger partial charge in [0, 0.05) is 26.1 Å². The lowest BCUT2D eigenvalue weighted by molar-refractivity contribution is -0.120. The van der Waals surface area contributed by atoms with E-state index in [0.717, 1.165) is 12.1 Å². The number of halogens is 2. The second-order valence-corrected chi connectivity index (χ2v) is 7.11. The number of carbonyl (C=O) groups is 1. The van der Waals surface area contributed by atoms with E-state index in [1.54, 1.807) is 0 Å². The maximum atomic E-state index is 13.1. The molecule has 0 radical (unpaired) electrons. The molecule has 0 spiro atoms. The fourth-order valence-corrected chi connectivity index (χ4v) is 2.78. The molecule has 136 valence electrons. The van der Waals surface area contributed by atoms with Crippen LogP contribution in [0.2, 0.25) is 0 Å². The van der Waals surface area contributed by atoms with Crippen molar-refractivity contribution in [1.82, 2.24) is 10.0 Å². The van der Waals surface area contributed by atoms with Crippen molar-refractivity contribution in [3.63, 3.8) is 0 Å². The summed E-state index contributed by atoms with van der Waals surface area (Å²) >= 11 is 0. The first-order valence-electron chi connectivity index (χ1n) is 7.55. The van der Waals surface area contributed by atoms with Gasteiger partial charge >= 0.3 is 0 Å². The Morgan fingerprint density at radius 2 is 1.92 bits per heavy atom. The molecule has 1 rings (SSSR count). The van der Waals surface area contributed by atoms with E-state index in [1.807, 2.05) is 13.8 Å². The van der Waals surface area contributed by atoms with Crippen LogP contribution >= 0.6 is 0 Å². The number of benzene rings is 1. The zero-order chi connectivity index (χ0) is 18.2. The van der Waals surface area contributed by atoms with Crippen LogP contribution < -0.4 is 10.0 Å². The van der Waals surface area contributed by atoms with E-state index in [9.17, 15) is 22.0 Å². The van der Waals surface area contributed by atoms with Gasteiger partial charge in [-0.05, 0) is 38.5 Å². The zero-order valence-electron chi connectivity index (χ0n) is 13.6. The largest absolute Gasteiger partial charge is 0.379 e. The summed E-state index contributed by atoms with van der Waals surface area (Å²) in [5.41, 5.74) is 0. The summed E-state index contributed by atoms with van der Waals surface area (Å²) in [5, 5.41) is 2.64. The van der Waals surface area contributed by atoms with Crippen LogP contribution in [0.1, 0.15) is 26.7 Å². The molecule has 0 aromatic heterocycles. The fraction of sp³-hybridized carbons (Fsp3) is 0.533. The number of sulfonamides is 1. The minimum atomic E-state index is -3.99. The topological polar surface area (TPSA) is 84.5 Å². The maximum absolute atomic E-state index is 13.1. The zero-order valence-corrected chi connectivity index (χ0v) is 14.5. The second kappa shape index (κ2) is 9.65. The molecule has 24 heavy (non-hydrogen) atoms. The van der Waals surface area contributed by atoms with Crippen molar-refractivity contribution in [2.45, 2.75) is 37.7 Å². The van der Waals surface area contributed by atoms with Gasteiger partial charge in [-0.1, -0.05) is 0 Å². The molecule has 0 unspecified atom stereocenters. The highest BCUT2D eigenvalue weighted by atomic mass is 32.2. The first-order valence-corrected chi connectivity index (χ1v) is 9.03. The number of hydrogen-bond donors (Lipinski definition) is 2. The third-order valence-corrected chi connectivity index (χ3v) is 4.40. The van der Waals surface area contributed by atoms with E-state index in [-0.39, 0.29) is 25.0 Å². The Bertz CT molecular complexity index is 651. The molecule has 1 amide bonds. The lowest BCUT2D eigenvalue weighted by Gasteiger charge is -2.09. The van der Waals surface area contributed by atoms with Gasteiger partial charge in [-0.25, -0.2) is 21.9 Å². The Morgan fingerprint density at radius 3 is 2.54 bits per heavy atom. The predicted octanol–water partition coefficient (Wildman–Crippen LogP) is 1.56. The molecule has 0 aliphatic carbocycles. The van der Waals surface area contributed by atoms with Crippen LogP contribution in [-0.2, 0) is 19.6 Å². The summed E-state index contributed by atoms with van der Waals surface area (Å²) in [5.74, 6) is -2.69. The lowest BCUT2D eigenvalue weighted by atomic mass is 10.3. The van der Waals surface area contributed by atoms with Crippen molar-refractivity contribution in [2.24, 2.45) is 0 Å². The Morgan fingerprint density at radius 1 is 1.21 bits per heavy atom. The third-order valence-electron chi connectivity index (χ3n) is 2.94. The molecule has 0 bridgehead atoms. The molecule has 1 aromatic carbocycles. The van der Waals surface area contributed by atoms with Gasteiger partial charge < -0.3 is 10.1 Å². The Kier molecular flexibility index (Phi) is 8.23. The van der Waals surface area contributed by atoms with Crippen molar-refractivity contribution < 1.29 is 26.7 Å². The van der Waals surface area contributed by atoms with Crippen LogP contribution in [0.15, 0.2) is 23.1 Å². The average Bonchev–Trinajstić information content (AvgIpc) is 2.49. The Hall–Kier alpha value is -1.58. The summed E-state index contributed by atoms with van der Waals surface area (Å²) in [4.78, 5) is 11.2. The van der Waals surface area contributed by atoms with Crippen LogP contribution in [0.3, 0.4) is 0 Å². The number of hydrogen-bond acceptors (Lipinski definition) is 4. The molecule has 0 saturated heterocycles. The van der Waals surface area contributed by atoms with Crippen molar-refractivity contribution >= 4 is 15.9 Å². The lowest BCUT2D eigenvalue weighted by Crippen LogP contribution is -2.31. The number of nitrogens with one attached hydrogen (secondary N) is 2. The highest BCUT2D eigenvalue weighted by Crippen LogP contribution is 2.13. The summed E-state index contributed by atoms with van der Waals surface area (Å²) in [6.07, 6.45) is 0.727. The molecule has 9 heteroatoms. The SMILES string of the molecule is CC(C)OCCCNC(=O)CCNS(=O)(=O)c1ccc(F)c(F)c1. The normalized spacial score (nSPS) is 11.7. The maximum Gasteiger partial charge on any atom is 0.240 e. The molecule has 2 N–H and O–H groups in total. The van der Waals surface area contributed by atoms with Crippen LogP contribution in [0.4, 0.5) is 8.78 Å². The molecule has 0 heterocycles. The highest BCUT2D eigenvalue weighted by molar-refractivity contribution is 7.89. The first kappa shape index (κ1) is 20.5. The van der Waals surface area contributed by atoms with E-state index in [1.165, 1.54) is 0 Å². The standard InChI is InChI=1S/C15H22F2N2O4S/c1-11(2)23-9-3-7-18-15(20)6-8-19-24(21,22)12-4-5-13(16)14(17)10-12/h4-5,10-11,19H,3,6-9H2,1-2H3,(H,18,20). The van der Waals surface area contributed by atoms with Gasteiger partial charge in [0.05, 0.1) is 11.0 Å². The summed E-state index contributed by atoms with van der Waals surface area (Å²) in [6, 6.07) is 2.28. The summed E-state index contributed by atoms with van der Waals surface area (Å²) in [6.45, 7) is 4.65. The molecule has 0 aliphatic heterocycles. The molecule has 6 nitrogen and oxygen atoms in total. The van der Waals surface area contributed by atoms with Crippen LogP contribution in [0.25, 0.3) is 0 Å². The van der Waals surface area contributed by atoms with Crippen molar-refractivity contribution in [1.29, 1.82) is 0 Å². The van der Waals surface area contributed by atoms with Gasteiger partial charge in [0.15, 0.2) is 11.6 Å². The molecule has 1 aromatic rings. The summed E-state index contributed by atoms with van der Waals surface area (Å²) < 4.78 is 57.1. The van der Waals surface area contributed by atoms with Gasteiger partial charge in [0.2, 0.25) is 15.9 Å². The highest BCUT2D eigenvalue weighted by Gasteiger charge is 2.16. The first-order chi connectivity index (χ1) is 11.2. The smallest absolute Gasteiger partial charge is 0.240 e. The number of carbonyl (C=O) groups excluding carboxylic acids is 1. The minimum Gasteiger partial charge on any atom is -0.379 e. The number of amides is 1. The van der Waals surface area contributed by atoms with E-state index >= 15 is 0 Å². The predicted molar refractivity (Wildman–Crippen MR) is 84.9 cm³/mol. The second-order valence-electron chi connectivity index (χ2n) is 5.35. The van der Waals surface area contributed by atoms with E-state index in [4.69, 9.17) is 4.74 Å². The molecule has 0 saturated carbocycles. The monoisotopic (exact) mass is 364 g/mol. The van der Waals surface area contributed by atoms with Crippen molar-refractivity contribution in [3.05, 3.63) is 29.8 Å². The molecule has 0 fully saturated rings. The number of ether oxygens (including phenoxy) is 1. The third kappa shape index (κ3) is 7.33. The molecule has 0 atom stereocenters. The van der Waals surface area contributed by atoms with Gasteiger partial charge in [0.25, 0.3) is 0 Å². The van der Waals surface area contributed by atoms with Crippen LogP contribution in [0, 0.1) is 11.6 Å². The van der Waals surface area contributed by atoms with Gasteiger partial charge in [-0.15, -0.1) is 0 Å². The van der Waals surface area contributed by atoms with Crippen molar-refractivity contribution in [3.8, 4) is 0 Å². The van der Waals surface area contributed by atoms with Gasteiger partial charge in [-0.2, -0.15) is 0 Å². The molecular weight excluding hydrogens is 342 g/mol. The van der Waals surface area contributed by atoms with Gasteiger partial charge in [-0.3, -0.25) is 4.79 Å². The molecule has 0 aliphatic rings. The van der Waals surface area contributed by atoms with E-state index < -0.39 is 26.6 Å². The minimum absolute atomic E-state index is 0.0616. The summed E-state index contributed by atoms with van der Waals surface area (Å²) in [7, 11) is -3.99. The molecular formula is C15H22F2N2O4S.